The Balaban J connectivity index is 2.71. The third-order valence-corrected chi connectivity index (χ3v) is 11.7. The van der Waals surface area contributed by atoms with Gasteiger partial charge in [0, 0.05) is 19.3 Å². The van der Waals surface area contributed by atoms with Crippen LogP contribution in [0.2, 0.25) is 0 Å². The van der Waals surface area contributed by atoms with Gasteiger partial charge in [0.15, 0.2) is 11.9 Å². The largest absolute Gasteiger partial charge is 0.472 e. The summed E-state index contributed by atoms with van der Waals surface area (Å²) >= 11 is 0. The molecule has 0 aromatic heterocycles. The maximum Gasteiger partial charge on any atom is 0.472 e. The van der Waals surface area contributed by atoms with E-state index >= 15 is 0 Å². The summed E-state index contributed by atoms with van der Waals surface area (Å²) < 4.78 is 49.1. The van der Waals surface area contributed by atoms with Gasteiger partial charge >= 0.3 is 27.6 Å². The van der Waals surface area contributed by atoms with Crippen LogP contribution in [-0.4, -0.2) is 109 Å². The van der Waals surface area contributed by atoms with E-state index in [0.717, 1.165) is 57.8 Å². The highest BCUT2D eigenvalue weighted by atomic mass is 31.2. The number of esters is 2. The molecule has 378 valence electrons. The quantitative estimate of drug-likeness (QED) is 0.00770. The van der Waals surface area contributed by atoms with E-state index in [9.17, 15) is 48.8 Å². The Kier molecular flexibility index (Phi) is 34.3. The fraction of sp³-hybridized carbons (Fsp3) is 0.681. The molecule has 8 atom stereocenters. The van der Waals surface area contributed by atoms with Gasteiger partial charge in [-0.3, -0.25) is 28.0 Å². The molecule has 0 radical (unpaired) electrons. The lowest BCUT2D eigenvalue weighted by Crippen LogP contribution is -2.64. The molecule has 0 bridgehead atoms. The minimum atomic E-state index is -5.39. The molecule has 19 heteroatoms. The van der Waals surface area contributed by atoms with Crippen molar-refractivity contribution in [2.75, 3.05) is 13.2 Å². The molecule has 1 fully saturated rings. The summed E-state index contributed by atoms with van der Waals surface area (Å²) in [5, 5.41) is 41.2. The molecule has 1 aliphatic carbocycles. The molecule has 7 N–H and O–H groups in total. The smallest absolute Gasteiger partial charge is 0.462 e. The van der Waals surface area contributed by atoms with E-state index in [4.69, 9.17) is 28.3 Å². The summed E-state index contributed by atoms with van der Waals surface area (Å²) in [4.78, 5) is 66.6. The molecule has 0 amide bonds. The number of ether oxygens (including phenoxy) is 2. The number of phosphoric acid groups is 2. The Bertz CT molecular complexity index is 1620. The van der Waals surface area contributed by atoms with Crippen LogP contribution in [0.4, 0.5) is 0 Å². The number of allylic oxidation sites excluding steroid dienone is 12. The molecule has 5 unspecified atom stereocenters. The average molecular weight is 977 g/mol. The van der Waals surface area contributed by atoms with Gasteiger partial charge in [0.25, 0.3) is 0 Å². The van der Waals surface area contributed by atoms with Gasteiger partial charge in [-0.05, 0) is 76.7 Å². The molecule has 1 saturated carbocycles. The number of carbonyl (C=O) groups is 3. The minimum Gasteiger partial charge on any atom is -0.462 e. The zero-order valence-corrected chi connectivity index (χ0v) is 40.6. The van der Waals surface area contributed by atoms with Crippen molar-refractivity contribution >= 4 is 33.4 Å². The predicted octanol–water partition coefficient (Wildman–Crippen LogP) is 8.02. The first-order chi connectivity index (χ1) is 31.5. The zero-order valence-electron chi connectivity index (χ0n) is 38.8. The molecule has 66 heavy (non-hydrogen) atoms. The van der Waals surface area contributed by atoms with Crippen LogP contribution in [0, 0.1) is 0 Å². The van der Waals surface area contributed by atoms with E-state index in [-0.39, 0.29) is 31.5 Å². The summed E-state index contributed by atoms with van der Waals surface area (Å²) in [6.45, 7) is 2.82. The number of hydrogen-bond acceptors (Lipinski definition) is 14. The highest BCUT2D eigenvalue weighted by Gasteiger charge is 2.54. The van der Waals surface area contributed by atoms with E-state index in [1.54, 1.807) is 12.2 Å². The van der Waals surface area contributed by atoms with Gasteiger partial charge in [0.05, 0.1) is 6.61 Å². The monoisotopic (exact) mass is 976 g/mol. The van der Waals surface area contributed by atoms with Crippen LogP contribution in [0.15, 0.2) is 72.9 Å². The molecule has 0 aliphatic heterocycles. The molecule has 0 spiro atoms. The second-order valence-electron chi connectivity index (χ2n) is 16.2. The Morgan fingerprint density at radius 2 is 1.03 bits per heavy atom. The maximum atomic E-state index is 13.0. The lowest BCUT2D eigenvalue weighted by molar-refractivity contribution is -0.216. The van der Waals surface area contributed by atoms with Crippen LogP contribution in [-0.2, 0) is 46.6 Å². The van der Waals surface area contributed by atoms with Gasteiger partial charge < -0.3 is 44.6 Å². The highest BCUT2D eigenvalue weighted by Crippen LogP contribution is 2.49. The van der Waals surface area contributed by atoms with E-state index in [2.05, 4.69) is 60.9 Å². The van der Waals surface area contributed by atoms with Gasteiger partial charge in [-0.2, -0.15) is 0 Å². The number of carbonyl (C=O) groups excluding carboxylic acids is 3. The van der Waals surface area contributed by atoms with Crippen LogP contribution >= 0.6 is 15.6 Å². The van der Waals surface area contributed by atoms with E-state index in [1.807, 2.05) is 12.2 Å². The molecule has 1 aliphatic rings. The molecular weight excluding hydrogens is 898 g/mol. The summed E-state index contributed by atoms with van der Waals surface area (Å²) in [5.74, 6) is -1.72. The third-order valence-electron chi connectivity index (χ3n) is 10.2. The van der Waals surface area contributed by atoms with Crippen molar-refractivity contribution in [2.24, 2.45) is 0 Å². The standard InChI is InChI=1S/C47H78O17P2/c1-3-5-7-9-11-13-15-17-18-20-22-24-26-28-30-34-40(49)60-36-39(37-61-66(58,59)64-47-44(53)42(51)43(52)46(45(47)54)63-65(55,56)57)62-41(50)35-31-33-38(48)32-29-27-25-23-21-19-16-14-12-10-8-6-4-2/h11-14,17-19,21,25,27,29,32,39,42-47,51-54H,3-10,15-16,20,22-24,26,28,30-31,33-37H2,1-2H3,(H,58,59)(H2,55,56,57)/b13-11-,14-12-,18-17-,21-19-,27-25-,32-29+/t39-,42?,43?,44?,45?,46-,47+/m1/s1. The molecule has 0 aromatic carbocycles. The SMILES string of the molecule is CCCCC/C=C\C/C=C\C/C=C\C=C\C(=O)CCCC(=O)O[C@H](COC(=O)CCCCCCC/C=C\C/C=C\CCCCC)COP(=O)(O)O[C@H]1C(O)C(O)C(O)[C@@H](OP(=O)(O)O)C1O. The number of ketones is 1. The summed E-state index contributed by atoms with van der Waals surface area (Å²) in [7, 11) is -10.8. The van der Waals surface area contributed by atoms with Crippen molar-refractivity contribution in [1.29, 1.82) is 0 Å². The van der Waals surface area contributed by atoms with Gasteiger partial charge in [-0.1, -0.05) is 126 Å². The Morgan fingerprint density at radius 3 is 1.61 bits per heavy atom. The lowest BCUT2D eigenvalue weighted by Gasteiger charge is -2.43. The Labute approximate surface area is 391 Å². The summed E-state index contributed by atoms with van der Waals surface area (Å²) in [6, 6.07) is 0. The van der Waals surface area contributed by atoms with Crippen molar-refractivity contribution < 1.29 is 81.7 Å². The zero-order chi connectivity index (χ0) is 49.1. The first kappa shape index (κ1) is 61.1. The topological polar surface area (TPSA) is 273 Å². The average Bonchev–Trinajstić information content (AvgIpc) is 3.26. The van der Waals surface area contributed by atoms with Gasteiger partial charge in [-0.25, -0.2) is 9.13 Å². The molecule has 17 nitrogen and oxygen atoms in total. The number of rotatable bonds is 38. The van der Waals surface area contributed by atoms with Gasteiger partial charge in [0.1, 0.15) is 43.2 Å². The second kappa shape index (κ2) is 37.1. The van der Waals surface area contributed by atoms with Crippen LogP contribution in [0.3, 0.4) is 0 Å². The van der Waals surface area contributed by atoms with E-state index < -0.39 is 83.5 Å². The van der Waals surface area contributed by atoms with Gasteiger partial charge in [0.2, 0.25) is 0 Å². The van der Waals surface area contributed by atoms with Crippen LogP contribution < -0.4 is 0 Å². The molecule has 0 heterocycles. The maximum absolute atomic E-state index is 13.0. The first-order valence-corrected chi connectivity index (χ1v) is 26.5. The number of aliphatic hydroxyl groups excluding tert-OH is 4. The number of hydrogen-bond donors (Lipinski definition) is 7. The van der Waals surface area contributed by atoms with Crippen molar-refractivity contribution in [3.8, 4) is 0 Å². The van der Waals surface area contributed by atoms with Gasteiger partial charge in [-0.15, -0.1) is 0 Å². The number of phosphoric ester groups is 2. The minimum absolute atomic E-state index is 0.00658. The third kappa shape index (κ3) is 31.2. The molecule has 0 aromatic rings. The Morgan fingerprint density at radius 1 is 0.530 bits per heavy atom. The molecule has 0 saturated heterocycles. The fourth-order valence-electron chi connectivity index (χ4n) is 6.54. The normalized spacial score (nSPS) is 22.1. The number of unbranched alkanes of at least 4 members (excludes halogenated alkanes) is 11. The second-order valence-corrected chi connectivity index (χ2v) is 18.7. The van der Waals surface area contributed by atoms with Crippen LogP contribution in [0.1, 0.15) is 149 Å². The van der Waals surface area contributed by atoms with E-state index in [0.29, 0.717) is 12.8 Å². The predicted molar refractivity (Wildman–Crippen MR) is 251 cm³/mol. The molecule has 1 rings (SSSR count). The lowest BCUT2D eigenvalue weighted by atomic mass is 9.85. The van der Waals surface area contributed by atoms with E-state index in [1.165, 1.54) is 44.6 Å². The molecular formula is C47H78O17P2. The van der Waals surface area contributed by atoms with Crippen LogP contribution in [0.25, 0.3) is 0 Å². The van der Waals surface area contributed by atoms with Crippen molar-refractivity contribution in [3.63, 3.8) is 0 Å². The number of aliphatic hydroxyl groups is 4. The Hall–Kier alpha value is -2.89. The van der Waals surface area contributed by atoms with Crippen molar-refractivity contribution in [3.05, 3.63) is 72.9 Å². The first-order valence-electron chi connectivity index (χ1n) is 23.4. The summed E-state index contributed by atoms with van der Waals surface area (Å²) in [6.07, 6.45) is 25.7. The van der Waals surface area contributed by atoms with Crippen molar-refractivity contribution in [1.82, 2.24) is 0 Å². The fourth-order valence-corrected chi connectivity index (χ4v) is 8.08. The highest BCUT2D eigenvalue weighted by molar-refractivity contribution is 7.47. The summed E-state index contributed by atoms with van der Waals surface area (Å²) in [5.41, 5.74) is 0. The van der Waals surface area contributed by atoms with Crippen molar-refractivity contribution in [2.45, 2.75) is 191 Å². The van der Waals surface area contributed by atoms with Crippen LogP contribution in [0.5, 0.6) is 0 Å².